The highest BCUT2D eigenvalue weighted by atomic mass is 16.7. The molecule has 3 unspecified atom stereocenters. The molecule has 0 spiro atoms. The van der Waals surface area contributed by atoms with Crippen LogP contribution in [-0.4, -0.2) is 64.1 Å². The van der Waals surface area contributed by atoms with Crippen molar-refractivity contribution in [1.29, 1.82) is 0 Å². The molecule has 2 heterocycles. The maximum Gasteiger partial charge on any atom is 0.331 e. The lowest BCUT2D eigenvalue weighted by Gasteiger charge is -2.29. The number of unbranched alkanes of at least 4 members (excludes halogenated alkanes) is 1. The number of carbonyl (C=O) groups excluding carboxylic acids is 4. The quantitative estimate of drug-likeness (QED) is 0.0380. The van der Waals surface area contributed by atoms with E-state index in [0.717, 1.165) is 69.9 Å². The van der Waals surface area contributed by atoms with Gasteiger partial charge in [-0.25, -0.2) is 4.79 Å². The predicted octanol–water partition coefficient (Wildman–Crippen LogP) is 10.7. The first-order valence-electron chi connectivity index (χ1n) is 22.1. The number of ketones is 1. The van der Waals surface area contributed by atoms with Gasteiger partial charge in [-0.1, -0.05) is 98.9 Å². The van der Waals surface area contributed by atoms with Gasteiger partial charge in [-0.05, 0) is 79.6 Å². The number of rotatable bonds is 17. The zero-order valence-electron chi connectivity index (χ0n) is 37.7. The number of fused-ring (bicyclic) bond motifs is 5. The number of hydrogen-bond acceptors (Lipinski definition) is 10. The number of nitrogens with zero attached hydrogens (tertiary/aromatic N) is 3. The summed E-state index contributed by atoms with van der Waals surface area (Å²) in [4.78, 5) is 63.1. The molecule has 3 atom stereocenters. The minimum Gasteiger partial charge on any atom is -0.491 e. The second kappa shape index (κ2) is 20.0. The molecule has 0 N–H and O–H groups in total. The lowest BCUT2D eigenvalue weighted by Crippen LogP contribution is -2.36. The van der Waals surface area contributed by atoms with Gasteiger partial charge in [0, 0.05) is 72.1 Å². The molecule has 1 saturated heterocycles. The predicted molar refractivity (Wildman–Crippen MR) is 247 cm³/mol. The zero-order chi connectivity index (χ0) is 45.5. The van der Waals surface area contributed by atoms with Gasteiger partial charge in [0.2, 0.25) is 0 Å². The minimum atomic E-state index is -0.819. The smallest absolute Gasteiger partial charge is 0.331 e. The number of benzene rings is 5. The number of amides is 1. The number of ether oxygens (including phenoxy) is 3. The highest BCUT2D eigenvalue weighted by molar-refractivity contribution is 6.26. The van der Waals surface area contributed by atoms with E-state index in [1.54, 1.807) is 24.3 Å². The third kappa shape index (κ3) is 10.4. The van der Waals surface area contributed by atoms with Crippen LogP contribution in [0.3, 0.4) is 0 Å². The molecule has 1 fully saturated rings. The molecular formula is C52H57N3O9. The van der Waals surface area contributed by atoms with E-state index in [4.69, 9.17) is 23.9 Å². The number of hydroxylamine groups is 2. The number of aromatic nitrogens is 1. The minimum absolute atomic E-state index is 0.0229. The molecule has 12 nitrogen and oxygen atoms in total. The Morgan fingerprint density at radius 1 is 0.828 bits per heavy atom. The van der Waals surface area contributed by atoms with Crippen molar-refractivity contribution in [1.82, 2.24) is 9.63 Å². The lowest BCUT2D eigenvalue weighted by molar-refractivity contribution is -0.204. The molecule has 0 radical (unpaired) electrons. The van der Waals surface area contributed by atoms with Crippen molar-refractivity contribution in [3.63, 3.8) is 0 Å². The normalized spacial score (nSPS) is 15.9. The van der Waals surface area contributed by atoms with Crippen LogP contribution in [0.4, 0.5) is 0 Å². The first-order valence-corrected chi connectivity index (χ1v) is 22.1. The molecular weight excluding hydrogens is 811 g/mol. The summed E-state index contributed by atoms with van der Waals surface area (Å²) in [5.41, 5.74) is 4.69. The summed E-state index contributed by atoms with van der Waals surface area (Å²) >= 11 is 0. The van der Waals surface area contributed by atoms with Gasteiger partial charge in [0.05, 0.1) is 17.8 Å². The Bertz CT molecular complexity index is 2690. The van der Waals surface area contributed by atoms with Crippen molar-refractivity contribution < 1.29 is 43.1 Å². The van der Waals surface area contributed by atoms with Crippen LogP contribution in [0.2, 0.25) is 0 Å². The summed E-state index contributed by atoms with van der Waals surface area (Å²) in [6.45, 7) is 13.5. The van der Waals surface area contributed by atoms with E-state index in [-0.39, 0.29) is 18.3 Å². The fourth-order valence-electron chi connectivity index (χ4n) is 8.60. The topological polar surface area (TPSA) is 135 Å². The van der Waals surface area contributed by atoms with E-state index in [9.17, 15) is 19.2 Å². The molecule has 1 aromatic heterocycles. The number of hydrogen-bond donors (Lipinski definition) is 0. The molecule has 0 aliphatic carbocycles. The Labute approximate surface area is 374 Å². The van der Waals surface area contributed by atoms with Crippen molar-refractivity contribution >= 4 is 61.9 Å². The van der Waals surface area contributed by atoms with Gasteiger partial charge in [0.15, 0.2) is 11.6 Å². The Hall–Kier alpha value is -6.37. The van der Waals surface area contributed by atoms with E-state index in [1.807, 2.05) is 86.6 Å². The molecule has 0 bridgehead atoms. The van der Waals surface area contributed by atoms with Crippen LogP contribution >= 0.6 is 0 Å². The molecule has 334 valence electrons. The summed E-state index contributed by atoms with van der Waals surface area (Å²) < 4.78 is 20.0. The first-order chi connectivity index (χ1) is 30.8. The Kier molecular flexibility index (Phi) is 14.3. The van der Waals surface area contributed by atoms with Crippen LogP contribution in [0.25, 0.3) is 32.6 Å². The standard InChI is InChI=1S/C52H57N3O9/c1-8-10-16-36(9-2)30-54-48-26-23-39(47(53-63-34(4)57)29-49(37-17-12-11-13-18-37)55(33(3)56)64-35(5)58)27-44(48)45-28-46(42-19-14-15-20-43(42)50(45)54)51(59)38-21-24-40(25-22-38)60-31-41-32-61-52(6,7)62-41/h11-15,17-28,36,41,49H,8-10,16,29-32H2,1-7H3/b53-47-. The molecule has 64 heavy (non-hydrogen) atoms. The van der Waals surface area contributed by atoms with Crippen molar-refractivity contribution in [3.05, 3.63) is 125 Å². The Morgan fingerprint density at radius 2 is 1.53 bits per heavy atom. The Balaban J connectivity index is 1.36. The van der Waals surface area contributed by atoms with Gasteiger partial charge >= 0.3 is 11.9 Å². The number of oxime groups is 1. The molecule has 1 aliphatic heterocycles. The van der Waals surface area contributed by atoms with Gasteiger partial charge in [-0.2, -0.15) is 5.06 Å². The largest absolute Gasteiger partial charge is 0.491 e. The summed E-state index contributed by atoms with van der Waals surface area (Å²) in [5.74, 6) is -1.54. The van der Waals surface area contributed by atoms with Crippen LogP contribution < -0.4 is 4.74 Å². The van der Waals surface area contributed by atoms with Crippen molar-refractivity contribution in [2.45, 2.75) is 105 Å². The van der Waals surface area contributed by atoms with Gasteiger partial charge in [-0.15, -0.1) is 0 Å². The van der Waals surface area contributed by atoms with Crippen molar-refractivity contribution in [2.24, 2.45) is 11.1 Å². The fourth-order valence-corrected chi connectivity index (χ4v) is 8.60. The summed E-state index contributed by atoms with van der Waals surface area (Å²) in [6, 6.07) is 31.6. The molecule has 1 aliphatic rings. The zero-order valence-corrected chi connectivity index (χ0v) is 37.7. The summed E-state index contributed by atoms with van der Waals surface area (Å²) in [7, 11) is 0. The van der Waals surface area contributed by atoms with Gasteiger partial charge in [0.1, 0.15) is 24.5 Å². The monoisotopic (exact) mass is 867 g/mol. The third-order valence-electron chi connectivity index (χ3n) is 11.7. The lowest BCUT2D eigenvalue weighted by atomic mass is 9.93. The summed E-state index contributed by atoms with van der Waals surface area (Å²) in [5, 5.41) is 8.93. The average molecular weight is 868 g/mol. The highest BCUT2D eigenvalue weighted by Crippen LogP contribution is 2.39. The average Bonchev–Trinajstić information content (AvgIpc) is 3.80. The maximum atomic E-state index is 14.7. The fraction of sp³-hybridized carbons (Fsp3) is 0.365. The summed E-state index contributed by atoms with van der Waals surface area (Å²) in [6.07, 6.45) is 4.13. The third-order valence-corrected chi connectivity index (χ3v) is 11.7. The Morgan fingerprint density at radius 3 is 2.17 bits per heavy atom. The molecule has 0 saturated carbocycles. The van der Waals surface area contributed by atoms with Crippen LogP contribution in [-0.2, 0) is 40.1 Å². The van der Waals surface area contributed by atoms with E-state index < -0.39 is 29.7 Å². The van der Waals surface area contributed by atoms with Crippen molar-refractivity contribution in [2.75, 3.05) is 13.2 Å². The maximum absolute atomic E-state index is 14.7. The molecule has 7 rings (SSSR count). The van der Waals surface area contributed by atoms with Crippen LogP contribution in [0, 0.1) is 5.92 Å². The molecule has 5 aromatic carbocycles. The van der Waals surface area contributed by atoms with E-state index in [2.05, 4.69) is 29.6 Å². The van der Waals surface area contributed by atoms with Crippen molar-refractivity contribution in [3.8, 4) is 5.75 Å². The second-order valence-electron chi connectivity index (χ2n) is 16.9. The van der Waals surface area contributed by atoms with E-state index in [0.29, 0.717) is 52.8 Å². The molecule has 1 amide bonds. The SMILES string of the molecule is CCCCC(CC)Cn1c2ccc(/C(CC(c3ccccc3)N(OC(C)=O)C(C)=O)=N\OC(C)=O)cc2c2cc(C(=O)c3ccc(OCC4COC(C)(C)O4)cc3)c3ccccc3c21. The van der Waals surface area contributed by atoms with Crippen LogP contribution in [0.5, 0.6) is 5.75 Å². The van der Waals surface area contributed by atoms with Gasteiger partial charge < -0.3 is 28.5 Å². The highest BCUT2D eigenvalue weighted by Gasteiger charge is 2.33. The second-order valence-corrected chi connectivity index (χ2v) is 16.9. The molecule has 12 heteroatoms. The first kappa shape index (κ1) is 45.6. The number of carbonyl (C=O) groups is 4. The van der Waals surface area contributed by atoms with Gasteiger partial charge in [-0.3, -0.25) is 14.4 Å². The molecule has 6 aromatic rings. The van der Waals surface area contributed by atoms with E-state index >= 15 is 0 Å². The van der Waals surface area contributed by atoms with Gasteiger partial charge in [0.25, 0.3) is 5.91 Å². The van der Waals surface area contributed by atoms with Crippen LogP contribution in [0.15, 0.2) is 108 Å². The van der Waals surface area contributed by atoms with Crippen LogP contribution in [0.1, 0.15) is 114 Å². The van der Waals surface area contributed by atoms with E-state index in [1.165, 1.54) is 20.8 Å².